The minimum Gasteiger partial charge on any atom is -0.360 e. The van der Waals surface area contributed by atoms with Crippen molar-refractivity contribution in [3.63, 3.8) is 0 Å². The minimum atomic E-state index is -0.275. The number of fused-ring (bicyclic) bond motifs is 1. The van der Waals surface area contributed by atoms with E-state index in [1.54, 1.807) is 60.9 Å². The molecular formula is C29H30ClN5O3. The lowest BCUT2D eigenvalue weighted by Gasteiger charge is -2.41. The van der Waals surface area contributed by atoms with E-state index in [2.05, 4.69) is 34.4 Å². The lowest BCUT2D eigenvalue weighted by atomic mass is 9.97. The van der Waals surface area contributed by atoms with Crippen molar-refractivity contribution in [2.45, 2.75) is 38.4 Å². The van der Waals surface area contributed by atoms with Crippen LogP contribution in [0.25, 0.3) is 16.6 Å². The molecule has 3 heterocycles. The van der Waals surface area contributed by atoms with Crippen molar-refractivity contribution in [1.82, 2.24) is 25.1 Å². The van der Waals surface area contributed by atoms with Crippen molar-refractivity contribution in [3.05, 3.63) is 99.6 Å². The highest BCUT2D eigenvalue weighted by Gasteiger charge is 2.33. The average Bonchev–Trinajstić information content (AvgIpc) is 3.29. The molecule has 0 spiro atoms. The Balaban J connectivity index is 1.31. The third kappa shape index (κ3) is 5.37. The Hall–Kier alpha value is -3.88. The van der Waals surface area contributed by atoms with Gasteiger partial charge in [-0.05, 0) is 62.7 Å². The fourth-order valence-electron chi connectivity index (χ4n) is 4.91. The molecule has 2 aromatic heterocycles. The van der Waals surface area contributed by atoms with E-state index in [1.165, 1.54) is 10.6 Å². The van der Waals surface area contributed by atoms with Gasteiger partial charge < -0.3 is 15.6 Å². The minimum absolute atomic E-state index is 0.141. The summed E-state index contributed by atoms with van der Waals surface area (Å²) >= 11 is 6.17. The number of hydrogen-bond donors (Lipinski definition) is 3. The summed E-state index contributed by atoms with van der Waals surface area (Å²) in [6, 6.07) is 17.1. The zero-order valence-corrected chi connectivity index (χ0v) is 22.0. The number of piperidine rings is 1. The van der Waals surface area contributed by atoms with Gasteiger partial charge in [-0.1, -0.05) is 23.7 Å². The number of benzene rings is 2. The number of hydrogen-bond acceptors (Lipinski definition) is 4. The molecule has 0 radical (unpaired) electrons. The van der Waals surface area contributed by atoms with Crippen LogP contribution in [0.2, 0.25) is 5.02 Å². The maximum Gasteiger partial charge on any atom is 0.255 e. The lowest BCUT2D eigenvalue weighted by Crippen LogP contribution is -2.61. The number of carbonyl (C=O) groups excluding carboxylic acids is 2. The summed E-state index contributed by atoms with van der Waals surface area (Å²) in [5.41, 5.74) is 2.35. The van der Waals surface area contributed by atoms with Crippen molar-refractivity contribution in [2.75, 3.05) is 13.1 Å². The van der Waals surface area contributed by atoms with Gasteiger partial charge in [0, 0.05) is 65.3 Å². The van der Waals surface area contributed by atoms with Crippen LogP contribution in [0, 0.1) is 0 Å². The standard InChI is InChI=1S/C29H30ClN5O3/c1-18(2)34-14-12-24(32-29(38)20-8-11-22-23(30)16-31-25(22)15-20)26(17-34)33-28(37)19-6-9-21(10-7-19)35-13-4-3-5-27(35)36/h3-11,13,15-16,18,24,26,31H,12,14,17H2,1-2H3,(H,32,38)(H,33,37)/t24-,26+/m1/s1. The van der Waals surface area contributed by atoms with Crippen molar-refractivity contribution in [2.24, 2.45) is 0 Å². The third-order valence-electron chi connectivity index (χ3n) is 7.13. The van der Waals surface area contributed by atoms with E-state index in [-0.39, 0.29) is 29.5 Å². The highest BCUT2D eigenvalue weighted by Crippen LogP contribution is 2.24. The molecule has 0 bridgehead atoms. The highest BCUT2D eigenvalue weighted by molar-refractivity contribution is 6.35. The van der Waals surface area contributed by atoms with Gasteiger partial charge in [0.25, 0.3) is 17.4 Å². The number of H-pyrrole nitrogens is 1. The van der Waals surface area contributed by atoms with Gasteiger partial charge in [0.05, 0.1) is 17.1 Å². The smallest absolute Gasteiger partial charge is 0.255 e. The van der Waals surface area contributed by atoms with Gasteiger partial charge in [0.1, 0.15) is 0 Å². The number of aromatic amines is 1. The lowest BCUT2D eigenvalue weighted by molar-refractivity contribution is 0.0776. The quantitative estimate of drug-likeness (QED) is 0.350. The first-order valence-corrected chi connectivity index (χ1v) is 13.1. The molecule has 2 aromatic carbocycles. The predicted octanol–water partition coefficient (Wildman–Crippen LogP) is 3.98. The molecule has 9 heteroatoms. The average molecular weight is 532 g/mol. The maximum atomic E-state index is 13.2. The number of nitrogens with one attached hydrogen (secondary N) is 3. The van der Waals surface area contributed by atoms with Crippen molar-refractivity contribution < 1.29 is 9.59 Å². The molecule has 0 saturated carbocycles. The van der Waals surface area contributed by atoms with Gasteiger partial charge >= 0.3 is 0 Å². The fraction of sp³-hybridized carbons (Fsp3) is 0.276. The Bertz CT molecular complexity index is 1530. The Morgan fingerprint density at radius 3 is 2.42 bits per heavy atom. The zero-order valence-electron chi connectivity index (χ0n) is 21.3. The number of nitrogens with zero attached hydrogens (tertiary/aromatic N) is 2. The molecule has 38 heavy (non-hydrogen) atoms. The molecule has 1 fully saturated rings. The molecule has 1 aliphatic heterocycles. The predicted molar refractivity (Wildman–Crippen MR) is 149 cm³/mol. The van der Waals surface area contributed by atoms with Crippen LogP contribution < -0.4 is 16.2 Å². The van der Waals surface area contributed by atoms with Crippen LogP contribution in [-0.2, 0) is 0 Å². The van der Waals surface area contributed by atoms with Gasteiger partial charge in [-0.2, -0.15) is 0 Å². The molecule has 196 valence electrons. The van der Waals surface area contributed by atoms with Crippen LogP contribution in [0.15, 0.2) is 77.9 Å². The van der Waals surface area contributed by atoms with Crippen LogP contribution in [0.3, 0.4) is 0 Å². The second kappa shape index (κ2) is 10.8. The Morgan fingerprint density at radius 2 is 1.68 bits per heavy atom. The molecular weight excluding hydrogens is 502 g/mol. The van der Waals surface area contributed by atoms with E-state index in [9.17, 15) is 14.4 Å². The van der Waals surface area contributed by atoms with Crippen LogP contribution in [0.1, 0.15) is 41.0 Å². The SMILES string of the molecule is CC(C)N1CC[C@@H](NC(=O)c2ccc3c(Cl)c[nH]c3c2)[C@@H](NC(=O)c2ccc(-n3ccccc3=O)cc2)C1. The summed E-state index contributed by atoms with van der Waals surface area (Å²) in [7, 11) is 0. The molecule has 1 saturated heterocycles. The number of carbonyl (C=O) groups is 2. The highest BCUT2D eigenvalue weighted by atomic mass is 35.5. The van der Waals surface area contributed by atoms with Crippen LogP contribution >= 0.6 is 11.6 Å². The number of halogens is 1. The molecule has 2 amide bonds. The van der Waals surface area contributed by atoms with E-state index >= 15 is 0 Å². The second-order valence-electron chi connectivity index (χ2n) is 9.89. The van der Waals surface area contributed by atoms with E-state index in [0.717, 1.165) is 17.4 Å². The van der Waals surface area contributed by atoms with Crippen LogP contribution in [-0.4, -0.2) is 57.5 Å². The number of pyridine rings is 1. The van der Waals surface area contributed by atoms with Gasteiger partial charge in [-0.15, -0.1) is 0 Å². The molecule has 5 rings (SSSR count). The van der Waals surface area contributed by atoms with E-state index in [0.29, 0.717) is 40.8 Å². The first-order valence-electron chi connectivity index (χ1n) is 12.7. The summed E-state index contributed by atoms with van der Waals surface area (Å²) in [5, 5.41) is 7.76. The summed E-state index contributed by atoms with van der Waals surface area (Å²) in [6.07, 6.45) is 4.10. The van der Waals surface area contributed by atoms with Gasteiger partial charge in [0.15, 0.2) is 0 Å². The number of likely N-dealkylation sites (tertiary alicyclic amines) is 1. The summed E-state index contributed by atoms with van der Waals surface area (Å²) in [5.74, 6) is -0.424. The normalized spacial score (nSPS) is 18.0. The Kier molecular flexibility index (Phi) is 7.35. The van der Waals surface area contributed by atoms with E-state index in [1.807, 2.05) is 6.07 Å². The monoisotopic (exact) mass is 531 g/mol. The van der Waals surface area contributed by atoms with Crippen molar-refractivity contribution in [3.8, 4) is 5.69 Å². The summed E-state index contributed by atoms with van der Waals surface area (Å²) in [6.45, 7) is 5.69. The van der Waals surface area contributed by atoms with Gasteiger partial charge in [-0.3, -0.25) is 23.9 Å². The molecule has 3 N–H and O–H groups in total. The molecule has 0 aliphatic carbocycles. The second-order valence-corrected chi connectivity index (χ2v) is 10.3. The molecule has 8 nitrogen and oxygen atoms in total. The van der Waals surface area contributed by atoms with Crippen molar-refractivity contribution >= 4 is 34.3 Å². The Morgan fingerprint density at radius 1 is 0.974 bits per heavy atom. The number of rotatable bonds is 6. The van der Waals surface area contributed by atoms with E-state index in [4.69, 9.17) is 11.6 Å². The van der Waals surface area contributed by atoms with Crippen LogP contribution in [0.5, 0.6) is 0 Å². The topological polar surface area (TPSA) is 99.2 Å². The molecule has 2 atom stereocenters. The number of aromatic nitrogens is 2. The molecule has 0 unspecified atom stereocenters. The number of amides is 2. The first kappa shape index (κ1) is 25.8. The summed E-state index contributed by atoms with van der Waals surface area (Å²) < 4.78 is 1.52. The van der Waals surface area contributed by atoms with Gasteiger partial charge in [-0.25, -0.2) is 0 Å². The summed E-state index contributed by atoms with van der Waals surface area (Å²) in [4.78, 5) is 43.9. The van der Waals surface area contributed by atoms with Crippen LogP contribution in [0.4, 0.5) is 0 Å². The molecule has 1 aliphatic rings. The van der Waals surface area contributed by atoms with Gasteiger partial charge in [0.2, 0.25) is 0 Å². The third-order valence-corrected chi connectivity index (χ3v) is 7.44. The Labute approximate surface area is 225 Å². The first-order chi connectivity index (χ1) is 18.3. The van der Waals surface area contributed by atoms with Crippen molar-refractivity contribution in [1.29, 1.82) is 0 Å². The largest absolute Gasteiger partial charge is 0.360 e. The van der Waals surface area contributed by atoms with E-state index < -0.39 is 0 Å². The molecule has 4 aromatic rings. The fourth-order valence-corrected chi connectivity index (χ4v) is 5.13. The maximum absolute atomic E-state index is 13.2. The zero-order chi connectivity index (χ0) is 26.8.